The van der Waals surface area contributed by atoms with Crippen molar-refractivity contribution >= 4 is 16.7 Å². The third kappa shape index (κ3) is 1.97. The van der Waals surface area contributed by atoms with Crippen molar-refractivity contribution in [3.63, 3.8) is 0 Å². The van der Waals surface area contributed by atoms with Gasteiger partial charge in [-0.25, -0.2) is 4.98 Å². The first-order valence-electron chi connectivity index (χ1n) is 7.77. The molecule has 4 aromatic rings. The second-order valence-electron chi connectivity index (χ2n) is 6.05. The zero-order chi connectivity index (χ0) is 15.4. The maximum Gasteiger partial charge on any atom is 0.257 e. The predicted molar refractivity (Wildman–Crippen MR) is 88.5 cm³/mol. The molecule has 0 aliphatic heterocycles. The average Bonchev–Trinajstić information content (AvgIpc) is 3.34. The highest BCUT2D eigenvalue weighted by Crippen LogP contribution is 2.39. The van der Waals surface area contributed by atoms with Crippen molar-refractivity contribution in [2.45, 2.75) is 18.8 Å². The average molecular weight is 302 g/mol. The summed E-state index contributed by atoms with van der Waals surface area (Å²) in [5.74, 6) is 0.557. The van der Waals surface area contributed by atoms with Crippen molar-refractivity contribution in [3.8, 4) is 11.1 Å². The number of benzene rings is 1. The van der Waals surface area contributed by atoms with Crippen LogP contribution in [0.2, 0.25) is 0 Å². The van der Waals surface area contributed by atoms with Gasteiger partial charge in [0.25, 0.3) is 5.56 Å². The molecule has 1 fully saturated rings. The number of hydrogen-bond donors (Lipinski definition) is 1. The zero-order valence-corrected chi connectivity index (χ0v) is 12.4. The van der Waals surface area contributed by atoms with Crippen LogP contribution in [0.1, 0.15) is 24.5 Å². The molecule has 0 amide bonds. The molecule has 5 heteroatoms. The van der Waals surface area contributed by atoms with Crippen LogP contribution in [0.5, 0.6) is 0 Å². The minimum Gasteiger partial charge on any atom is -0.306 e. The Balaban J connectivity index is 1.78. The molecule has 1 aliphatic carbocycles. The van der Waals surface area contributed by atoms with Gasteiger partial charge in [-0.1, -0.05) is 30.3 Å². The molecule has 5 nitrogen and oxygen atoms in total. The van der Waals surface area contributed by atoms with E-state index >= 15 is 0 Å². The van der Waals surface area contributed by atoms with E-state index in [9.17, 15) is 4.79 Å². The number of aromatic amines is 1. The summed E-state index contributed by atoms with van der Waals surface area (Å²) in [6.45, 7) is 0. The lowest BCUT2D eigenvalue weighted by Crippen LogP contribution is -2.11. The van der Waals surface area contributed by atoms with Gasteiger partial charge in [0.05, 0.1) is 5.69 Å². The fraction of sp³-hybridized carbons (Fsp3) is 0.167. The van der Waals surface area contributed by atoms with Crippen LogP contribution in [0.15, 0.2) is 53.5 Å². The number of fused-ring (bicyclic) bond motifs is 3. The van der Waals surface area contributed by atoms with Crippen LogP contribution < -0.4 is 5.56 Å². The van der Waals surface area contributed by atoms with Crippen molar-refractivity contribution in [2.75, 3.05) is 0 Å². The van der Waals surface area contributed by atoms with Crippen LogP contribution in [0.4, 0.5) is 0 Å². The van der Waals surface area contributed by atoms with Gasteiger partial charge >= 0.3 is 0 Å². The van der Waals surface area contributed by atoms with E-state index in [0.717, 1.165) is 22.3 Å². The Hall–Kier alpha value is -2.95. The molecule has 1 saturated carbocycles. The molecule has 0 radical (unpaired) electrons. The molecule has 5 rings (SSSR count). The standard InChI is InChI=1S/C18H14N4O/c23-18-14(11-4-2-1-3-5-11)8-13-10-19-16-9-15(12-6-7-12)21-22(16)17(13)20-18/h1-5,8-10,12H,6-7H2,(H,20,23). The van der Waals surface area contributed by atoms with E-state index < -0.39 is 0 Å². The van der Waals surface area contributed by atoms with Crippen LogP contribution in [0.3, 0.4) is 0 Å². The topological polar surface area (TPSA) is 63.0 Å². The molecule has 1 aromatic carbocycles. The lowest BCUT2D eigenvalue weighted by atomic mass is 10.1. The Labute approximate surface area is 131 Å². The third-order valence-corrected chi connectivity index (χ3v) is 4.39. The Morgan fingerprint density at radius 1 is 1.13 bits per heavy atom. The van der Waals surface area contributed by atoms with E-state index in [1.165, 1.54) is 12.8 Å². The highest BCUT2D eigenvalue weighted by atomic mass is 16.1. The van der Waals surface area contributed by atoms with Gasteiger partial charge in [0.15, 0.2) is 5.65 Å². The smallest absolute Gasteiger partial charge is 0.257 e. The quantitative estimate of drug-likeness (QED) is 0.619. The van der Waals surface area contributed by atoms with Crippen LogP contribution in [0.25, 0.3) is 27.8 Å². The van der Waals surface area contributed by atoms with E-state index in [1.807, 2.05) is 42.5 Å². The molecule has 3 heterocycles. The first-order chi connectivity index (χ1) is 11.3. The lowest BCUT2D eigenvalue weighted by molar-refractivity contribution is 0.896. The second kappa shape index (κ2) is 4.52. The summed E-state index contributed by atoms with van der Waals surface area (Å²) in [6, 6.07) is 13.6. The number of nitrogens with zero attached hydrogens (tertiary/aromatic N) is 3. The van der Waals surface area contributed by atoms with Crippen LogP contribution in [-0.2, 0) is 0 Å². The maximum absolute atomic E-state index is 12.5. The Morgan fingerprint density at radius 3 is 2.74 bits per heavy atom. The van der Waals surface area contributed by atoms with E-state index in [0.29, 0.717) is 17.1 Å². The van der Waals surface area contributed by atoms with Gasteiger partial charge in [-0.15, -0.1) is 0 Å². The van der Waals surface area contributed by atoms with E-state index in [2.05, 4.69) is 15.1 Å². The molecule has 112 valence electrons. The summed E-state index contributed by atoms with van der Waals surface area (Å²) < 4.78 is 1.75. The van der Waals surface area contributed by atoms with Gasteiger partial charge in [0, 0.05) is 29.1 Å². The summed E-state index contributed by atoms with van der Waals surface area (Å²) in [5.41, 5.74) is 3.98. The molecule has 23 heavy (non-hydrogen) atoms. The van der Waals surface area contributed by atoms with Gasteiger partial charge in [0.1, 0.15) is 5.65 Å². The molecule has 0 bridgehead atoms. The van der Waals surface area contributed by atoms with E-state index in [1.54, 1.807) is 10.7 Å². The van der Waals surface area contributed by atoms with Gasteiger partial charge in [-0.05, 0) is 24.5 Å². The van der Waals surface area contributed by atoms with Crippen molar-refractivity contribution < 1.29 is 0 Å². The van der Waals surface area contributed by atoms with E-state index in [-0.39, 0.29) is 5.56 Å². The van der Waals surface area contributed by atoms with Crippen molar-refractivity contribution in [1.82, 2.24) is 19.6 Å². The Morgan fingerprint density at radius 2 is 1.96 bits per heavy atom. The normalized spacial score (nSPS) is 14.6. The maximum atomic E-state index is 12.5. The lowest BCUT2D eigenvalue weighted by Gasteiger charge is -2.04. The summed E-state index contributed by atoms with van der Waals surface area (Å²) in [7, 11) is 0. The second-order valence-corrected chi connectivity index (χ2v) is 6.05. The van der Waals surface area contributed by atoms with Crippen LogP contribution >= 0.6 is 0 Å². The van der Waals surface area contributed by atoms with Crippen LogP contribution in [0, 0.1) is 0 Å². The zero-order valence-electron chi connectivity index (χ0n) is 12.4. The third-order valence-electron chi connectivity index (χ3n) is 4.39. The minimum atomic E-state index is -0.111. The van der Waals surface area contributed by atoms with Gasteiger partial charge in [0.2, 0.25) is 0 Å². The van der Waals surface area contributed by atoms with Gasteiger partial charge in [-0.2, -0.15) is 9.61 Å². The molecule has 0 spiro atoms. The molecule has 1 aliphatic rings. The van der Waals surface area contributed by atoms with Crippen molar-refractivity contribution in [1.29, 1.82) is 0 Å². The summed E-state index contributed by atoms with van der Waals surface area (Å²) >= 11 is 0. The molecular formula is C18H14N4O. The number of H-pyrrole nitrogens is 1. The molecule has 0 unspecified atom stereocenters. The Kier molecular flexibility index (Phi) is 2.47. The minimum absolute atomic E-state index is 0.111. The van der Waals surface area contributed by atoms with Gasteiger partial charge in [-0.3, -0.25) is 4.79 Å². The molecule has 0 atom stereocenters. The predicted octanol–water partition coefficient (Wildman–Crippen LogP) is 3.12. The monoisotopic (exact) mass is 302 g/mol. The van der Waals surface area contributed by atoms with E-state index in [4.69, 9.17) is 0 Å². The first-order valence-corrected chi connectivity index (χ1v) is 7.77. The molecular weight excluding hydrogens is 288 g/mol. The summed E-state index contributed by atoms with van der Waals surface area (Å²) in [5, 5.41) is 5.51. The molecule has 3 aromatic heterocycles. The van der Waals surface area contributed by atoms with Crippen LogP contribution in [-0.4, -0.2) is 19.6 Å². The largest absolute Gasteiger partial charge is 0.306 e. The SMILES string of the molecule is O=c1[nH]c2c(cnc3cc(C4CC4)nn32)cc1-c1ccccc1. The fourth-order valence-corrected chi connectivity index (χ4v) is 3.00. The van der Waals surface area contributed by atoms with Crippen molar-refractivity contribution in [3.05, 3.63) is 64.7 Å². The Bertz CT molecular complexity index is 1090. The number of nitrogens with one attached hydrogen (secondary N) is 1. The number of pyridine rings is 1. The fourth-order valence-electron chi connectivity index (χ4n) is 3.00. The van der Waals surface area contributed by atoms with Gasteiger partial charge < -0.3 is 4.98 Å². The highest BCUT2D eigenvalue weighted by molar-refractivity contribution is 5.81. The molecule has 1 N–H and O–H groups in total. The number of hydrogen-bond acceptors (Lipinski definition) is 3. The highest BCUT2D eigenvalue weighted by Gasteiger charge is 2.26. The summed E-state index contributed by atoms with van der Waals surface area (Å²) in [6.07, 6.45) is 4.18. The first kappa shape index (κ1) is 12.6. The number of aromatic nitrogens is 4. The molecule has 0 saturated heterocycles. The number of rotatable bonds is 2. The summed E-state index contributed by atoms with van der Waals surface area (Å²) in [4.78, 5) is 20.0. The van der Waals surface area contributed by atoms with Crippen molar-refractivity contribution in [2.24, 2.45) is 0 Å².